The molecule has 5 aromatic rings. The van der Waals surface area contributed by atoms with Crippen LogP contribution in [0.1, 0.15) is 38.6 Å². The third-order valence-electron chi connectivity index (χ3n) is 8.46. The predicted molar refractivity (Wildman–Crippen MR) is 184 cm³/mol. The third kappa shape index (κ3) is 9.23. The minimum absolute atomic E-state index is 0.111. The van der Waals surface area contributed by atoms with Gasteiger partial charge in [-0.1, -0.05) is 13.0 Å². The lowest BCUT2D eigenvalue weighted by atomic mass is 10.0. The lowest BCUT2D eigenvalue weighted by molar-refractivity contribution is -0.111. The van der Waals surface area contributed by atoms with Crippen LogP contribution >= 0.6 is 0 Å². The Bertz CT molecular complexity index is 1760. The molecule has 9 nitrogen and oxygen atoms in total. The van der Waals surface area contributed by atoms with E-state index in [-0.39, 0.29) is 11.2 Å². The van der Waals surface area contributed by atoms with Crippen LogP contribution < -0.4 is 15.4 Å². The van der Waals surface area contributed by atoms with Gasteiger partial charge in [-0.2, -0.15) is 5.10 Å². The number of pyridine rings is 1. The standard InChI is InChI=1S/C25H27N5O.C7H6FNO.C5H8O/c1-26-20-4-6-22(7-5-20)31-25-9-12-27-24-15-18(3-8-23(24)25)19-16-28-30(17-19)21-10-13-29(2)14-11-21;8-6-1-3-7(4-2-6)9-5-10;1-5(4-6)2-3-5/h3-9,12,15-17,21,26H,10-11,13-14H2,1-2H3;1-5H,(H,9,10);4H,2-3H2,1H3. The molecule has 3 aromatic carbocycles. The molecule has 1 aliphatic heterocycles. The number of benzene rings is 3. The van der Waals surface area contributed by atoms with Gasteiger partial charge in [0.2, 0.25) is 6.41 Å². The van der Waals surface area contributed by atoms with Crippen LogP contribution in [0.25, 0.3) is 22.0 Å². The van der Waals surface area contributed by atoms with Crippen molar-refractivity contribution in [1.82, 2.24) is 19.7 Å². The Morgan fingerprint density at radius 3 is 2.26 bits per heavy atom. The molecule has 2 aromatic heterocycles. The van der Waals surface area contributed by atoms with Crippen LogP contribution in [0.2, 0.25) is 0 Å². The van der Waals surface area contributed by atoms with Gasteiger partial charge < -0.3 is 25.1 Å². The number of amides is 1. The molecule has 1 aliphatic carbocycles. The van der Waals surface area contributed by atoms with Gasteiger partial charge in [0, 0.05) is 47.2 Å². The van der Waals surface area contributed by atoms with Crippen molar-refractivity contribution in [2.75, 3.05) is 37.8 Å². The summed E-state index contributed by atoms with van der Waals surface area (Å²) in [6.45, 7) is 4.24. The summed E-state index contributed by atoms with van der Waals surface area (Å²) in [4.78, 5) is 26.7. The SMILES string of the molecule is CC1(C=O)CC1.CNc1ccc(Oc2ccnc3cc(-c4cnn(C5CCN(C)CC5)c4)ccc23)cc1.O=CNc1ccc(F)cc1. The zero-order valence-corrected chi connectivity index (χ0v) is 27.0. The third-order valence-corrected chi connectivity index (χ3v) is 8.46. The second kappa shape index (κ2) is 15.5. The van der Waals surface area contributed by atoms with E-state index in [1.54, 1.807) is 6.20 Å². The lowest BCUT2D eigenvalue weighted by Crippen LogP contribution is -2.31. The Kier molecular flexibility index (Phi) is 11.0. The molecule has 0 spiro atoms. The summed E-state index contributed by atoms with van der Waals surface area (Å²) in [6, 6.07) is 22.2. The first-order valence-electron chi connectivity index (χ1n) is 15.8. The summed E-state index contributed by atoms with van der Waals surface area (Å²) >= 11 is 0. The van der Waals surface area contributed by atoms with Crippen molar-refractivity contribution in [3.8, 4) is 22.6 Å². The number of carbonyl (C=O) groups excluding carboxylic acids is 2. The molecule has 1 saturated carbocycles. The molecule has 1 amide bonds. The van der Waals surface area contributed by atoms with E-state index < -0.39 is 0 Å². The quantitative estimate of drug-likeness (QED) is 0.169. The first-order valence-corrected chi connectivity index (χ1v) is 15.8. The van der Waals surface area contributed by atoms with Gasteiger partial charge in [-0.25, -0.2) is 4.39 Å². The van der Waals surface area contributed by atoms with E-state index >= 15 is 0 Å². The minimum Gasteiger partial charge on any atom is -0.457 e. The molecule has 0 unspecified atom stereocenters. The van der Waals surface area contributed by atoms with Gasteiger partial charge in [-0.05, 0) is 118 Å². The number of piperidine rings is 1. The largest absolute Gasteiger partial charge is 0.457 e. The fourth-order valence-electron chi connectivity index (χ4n) is 5.08. The van der Waals surface area contributed by atoms with Gasteiger partial charge >= 0.3 is 0 Å². The highest BCUT2D eigenvalue weighted by Crippen LogP contribution is 2.42. The maximum absolute atomic E-state index is 12.2. The van der Waals surface area contributed by atoms with E-state index in [0.29, 0.717) is 18.1 Å². The smallest absolute Gasteiger partial charge is 0.211 e. The zero-order chi connectivity index (χ0) is 33.2. The summed E-state index contributed by atoms with van der Waals surface area (Å²) in [6.07, 6.45) is 12.0. The molecule has 3 heterocycles. The minimum atomic E-state index is -0.309. The second-order valence-electron chi connectivity index (χ2n) is 12.2. The molecule has 0 radical (unpaired) electrons. The number of hydrogen-bond donors (Lipinski definition) is 2. The predicted octanol–water partition coefficient (Wildman–Crippen LogP) is 7.58. The second-order valence-corrected chi connectivity index (χ2v) is 12.2. The van der Waals surface area contributed by atoms with E-state index in [0.717, 1.165) is 84.3 Å². The number of fused-ring (bicyclic) bond motifs is 1. The Morgan fingerprint density at radius 2 is 1.64 bits per heavy atom. The molecule has 2 fully saturated rings. The molecule has 2 N–H and O–H groups in total. The average Bonchev–Trinajstić information content (AvgIpc) is 3.65. The monoisotopic (exact) mass is 636 g/mol. The number of aromatic nitrogens is 3. The fraction of sp³-hybridized carbons (Fsp3) is 0.297. The molecule has 0 bridgehead atoms. The van der Waals surface area contributed by atoms with Gasteiger partial charge in [0.05, 0.1) is 17.8 Å². The zero-order valence-electron chi connectivity index (χ0n) is 27.0. The molecular weight excluding hydrogens is 595 g/mol. The molecule has 10 heteroatoms. The summed E-state index contributed by atoms with van der Waals surface area (Å²) < 4.78 is 20.5. The van der Waals surface area contributed by atoms with Gasteiger partial charge in [0.15, 0.2) is 0 Å². The summed E-state index contributed by atoms with van der Waals surface area (Å²) in [5.74, 6) is 1.29. The van der Waals surface area contributed by atoms with Crippen LogP contribution in [-0.4, -0.2) is 59.5 Å². The van der Waals surface area contributed by atoms with E-state index in [1.165, 1.54) is 24.3 Å². The maximum atomic E-state index is 12.2. The topological polar surface area (TPSA) is 101 Å². The molecule has 0 atom stereocenters. The Balaban J connectivity index is 0.000000221. The first-order chi connectivity index (χ1) is 22.8. The normalized spacial score (nSPS) is 15.3. The van der Waals surface area contributed by atoms with E-state index in [9.17, 15) is 14.0 Å². The highest BCUT2D eigenvalue weighted by atomic mass is 19.1. The summed E-state index contributed by atoms with van der Waals surface area (Å²) in [5.41, 5.74) is 4.91. The molecule has 7 rings (SSSR count). The Labute approximate surface area is 274 Å². The van der Waals surface area contributed by atoms with Crippen LogP contribution in [0, 0.1) is 11.2 Å². The maximum Gasteiger partial charge on any atom is 0.211 e. The van der Waals surface area contributed by atoms with Crippen LogP contribution in [-0.2, 0) is 9.59 Å². The summed E-state index contributed by atoms with van der Waals surface area (Å²) in [5, 5.41) is 11.2. The number of ether oxygens (including phenoxy) is 1. The van der Waals surface area contributed by atoms with Crippen LogP contribution in [0.3, 0.4) is 0 Å². The summed E-state index contributed by atoms with van der Waals surface area (Å²) in [7, 11) is 4.09. The number of hydrogen-bond acceptors (Lipinski definition) is 7. The number of nitrogens with one attached hydrogen (secondary N) is 2. The number of carbonyl (C=O) groups is 2. The molecule has 244 valence electrons. The highest BCUT2D eigenvalue weighted by Gasteiger charge is 2.36. The number of aldehydes is 1. The molecule has 47 heavy (non-hydrogen) atoms. The van der Waals surface area contributed by atoms with Crippen molar-refractivity contribution >= 4 is 35.0 Å². The van der Waals surface area contributed by atoms with Gasteiger partial charge in [0.25, 0.3) is 0 Å². The van der Waals surface area contributed by atoms with Crippen molar-refractivity contribution in [2.24, 2.45) is 5.41 Å². The van der Waals surface area contributed by atoms with Crippen LogP contribution in [0.15, 0.2) is 91.4 Å². The average molecular weight is 637 g/mol. The first kappa shape index (κ1) is 33.3. The van der Waals surface area contributed by atoms with Gasteiger partial charge in [-0.15, -0.1) is 0 Å². The van der Waals surface area contributed by atoms with Gasteiger partial charge in [-0.3, -0.25) is 14.5 Å². The van der Waals surface area contributed by atoms with Crippen LogP contribution in [0.5, 0.6) is 11.5 Å². The van der Waals surface area contributed by atoms with E-state index in [4.69, 9.17) is 4.74 Å². The van der Waals surface area contributed by atoms with Crippen molar-refractivity contribution < 1.29 is 18.7 Å². The fourth-order valence-corrected chi connectivity index (χ4v) is 5.08. The molecular formula is C37H41FN6O3. The van der Waals surface area contributed by atoms with E-state index in [1.807, 2.05) is 50.5 Å². The van der Waals surface area contributed by atoms with Crippen LogP contribution in [0.4, 0.5) is 15.8 Å². The van der Waals surface area contributed by atoms with Crippen molar-refractivity contribution in [1.29, 1.82) is 0 Å². The Morgan fingerprint density at radius 1 is 0.936 bits per heavy atom. The van der Waals surface area contributed by atoms with E-state index in [2.05, 4.69) is 61.7 Å². The lowest BCUT2D eigenvalue weighted by Gasteiger charge is -2.28. The Hall–Kier alpha value is -5.09. The number of likely N-dealkylation sites (tertiary alicyclic amines) is 1. The van der Waals surface area contributed by atoms with Gasteiger partial charge in [0.1, 0.15) is 23.6 Å². The number of nitrogens with zero attached hydrogens (tertiary/aromatic N) is 4. The molecule has 2 aliphatic rings. The van der Waals surface area contributed by atoms with Crippen molar-refractivity contribution in [3.63, 3.8) is 0 Å². The highest BCUT2D eigenvalue weighted by molar-refractivity contribution is 5.89. The van der Waals surface area contributed by atoms with Crippen molar-refractivity contribution in [3.05, 3.63) is 97.2 Å². The van der Waals surface area contributed by atoms with Crippen molar-refractivity contribution in [2.45, 2.75) is 38.6 Å². The molecule has 1 saturated heterocycles. The number of anilines is 2. The number of rotatable bonds is 8. The number of halogens is 1.